The van der Waals surface area contributed by atoms with Crippen LogP contribution in [0.2, 0.25) is 0 Å². The number of amides is 1. The Kier molecular flexibility index (Phi) is 11.3. The second kappa shape index (κ2) is 13.1. The smallest absolute Gasteiger partial charge is 0.414 e. The Balaban J connectivity index is 0.000000751. The Morgan fingerprint density at radius 2 is 1.72 bits per heavy atom. The summed E-state index contributed by atoms with van der Waals surface area (Å²) in [7, 11) is 0. The van der Waals surface area contributed by atoms with Crippen LogP contribution in [0.5, 0.6) is 0 Å². The summed E-state index contributed by atoms with van der Waals surface area (Å²) >= 11 is 0. The van der Waals surface area contributed by atoms with Crippen LogP contribution in [0, 0.1) is 11.7 Å². The molecule has 0 bridgehead atoms. The van der Waals surface area contributed by atoms with E-state index in [1.165, 1.54) is 6.07 Å². The second-order valence-corrected chi connectivity index (χ2v) is 8.87. The minimum absolute atomic E-state index is 0.0450. The van der Waals surface area contributed by atoms with Crippen molar-refractivity contribution in [3.8, 4) is 0 Å². The molecule has 2 rings (SSSR count). The molecule has 32 heavy (non-hydrogen) atoms. The lowest BCUT2D eigenvalue weighted by Gasteiger charge is -2.32. The van der Waals surface area contributed by atoms with Crippen molar-refractivity contribution in [3.05, 3.63) is 35.6 Å². The van der Waals surface area contributed by atoms with Gasteiger partial charge in [-0.15, -0.1) is 0 Å². The average Bonchev–Trinajstić information content (AvgIpc) is 2.69. The molecule has 1 saturated heterocycles. The number of halogens is 1. The van der Waals surface area contributed by atoms with E-state index in [1.807, 2.05) is 32.9 Å². The summed E-state index contributed by atoms with van der Waals surface area (Å²) in [4.78, 5) is 32.9. The molecular weight excluding hydrogens is 419 g/mol. The predicted octanol–water partition coefficient (Wildman–Crippen LogP) is 2.64. The summed E-state index contributed by atoms with van der Waals surface area (Å²) in [5.74, 6) is -3.63. The molecule has 0 radical (unpaired) electrons. The van der Waals surface area contributed by atoms with E-state index in [1.54, 1.807) is 6.07 Å². The highest BCUT2D eigenvalue weighted by atomic mass is 19.1. The van der Waals surface area contributed by atoms with Gasteiger partial charge in [-0.25, -0.2) is 14.0 Å². The lowest BCUT2D eigenvalue weighted by Crippen LogP contribution is -2.43. The molecule has 0 saturated carbocycles. The van der Waals surface area contributed by atoms with Crippen molar-refractivity contribution in [1.29, 1.82) is 0 Å². The SMILES string of the molecule is CC(CCCC(C)(C)O)NC(=O)C1CCN(Cc2ccccc2F)CC1.O=C(O)C(=O)O. The van der Waals surface area contributed by atoms with Crippen LogP contribution in [0.3, 0.4) is 0 Å². The predicted molar refractivity (Wildman–Crippen MR) is 117 cm³/mol. The zero-order valence-electron chi connectivity index (χ0n) is 19.0. The number of nitrogens with zero attached hydrogens (tertiary/aromatic N) is 1. The molecule has 1 amide bonds. The van der Waals surface area contributed by atoms with E-state index in [0.29, 0.717) is 6.54 Å². The number of nitrogens with one attached hydrogen (secondary N) is 1. The summed E-state index contributed by atoms with van der Waals surface area (Å²) < 4.78 is 13.8. The van der Waals surface area contributed by atoms with Gasteiger partial charge in [-0.1, -0.05) is 18.2 Å². The molecule has 1 aliphatic heterocycles. The molecule has 0 aliphatic carbocycles. The number of hydrogen-bond donors (Lipinski definition) is 4. The van der Waals surface area contributed by atoms with Crippen LogP contribution in [0.1, 0.15) is 58.4 Å². The molecule has 1 heterocycles. The van der Waals surface area contributed by atoms with Crippen LogP contribution in [-0.2, 0) is 20.9 Å². The first kappa shape index (κ1) is 27.5. The summed E-state index contributed by atoms with van der Waals surface area (Å²) in [6, 6.07) is 7.01. The van der Waals surface area contributed by atoms with E-state index in [0.717, 1.165) is 50.8 Å². The van der Waals surface area contributed by atoms with E-state index in [-0.39, 0.29) is 23.7 Å². The number of hydrogen-bond acceptors (Lipinski definition) is 5. The largest absolute Gasteiger partial charge is 0.473 e. The van der Waals surface area contributed by atoms with E-state index in [2.05, 4.69) is 10.2 Å². The molecule has 0 spiro atoms. The van der Waals surface area contributed by atoms with E-state index in [4.69, 9.17) is 19.8 Å². The second-order valence-electron chi connectivity index (χ2n) is 8.87. The summed E-state index contributed by atoms with van der Waals surface area (Å²) in [5, 5.41) is 27.6. The van der Waals surface area contributed by atoms with E-state index >= 15 is 0 Å². The Morgan fingerprint density at radius 3 is 2.22 bits per heavy atom. The van der Waals surface area contributed by atoms with Gasteiger partial charge in [0.05, 0.1) is 5.60 Å². The standard InChI is InChI=1S/C21H33FN2O2.C2H2O4/c1-16(7-6-12-21(2,3)26)23-20(25)17-10-13-24(14-11-17)15-18-8-4-5-9-19(18)22;3-1(4)2(5)6/h4-5,8-9,16-17,26H,6-7,10-15H2,1-3H3,(H,23,25);(H,3,4)(H,5,6). The topological polar surface area (TPSA) is 127 Å². The molecule has 9 heteroatoms. The first-order valence-corrected chi connectivity index (χ1v) is 10.8. The van der Waals surface area contributed by atoms with Crippen molar-refractivity contribution in [3.63, 3.8) is 0 Å². The van der Waals surface area contributed by atoms with Crippen LogP contribution in [0.4, 0.5) is 4.39 Å². The molecule has 4 N–H and O–H groups in total. The number of likely N-dealkylation sites (tertiary alicyclic amines) is 1. The number of carboxylic acids is 2. The number of aliphatic carboxylic acids is 2. The molecule has 1 atom stereocenters. The minimum atomic E-state index is -1.82. The highest BCUT2D eigenvalue weighted by molar-refractivity contribution is 6.27. The van der Waals surface area contributed by atoms with Gasteiger partial charge in [0.2, 0.25) is 5.91 Å². The van der Waals surface area contributed by atoms with Gasteiger partial charge in [-0.2, -0.15) is 0 Å². The molecule has 1 unspecified atom stereocenters. The number of rotatable bonds is 8. The third kappa shape index (κ3) is 11.2. The zero-order chi connectivity index (χ0) is 24.3. The monoisotopic (exact) mass is 454 g/mol. The zero-order valence-corrected chi connectivity index (χ0v) is 19.0. The highest BCUT2D eigenvalue weighted by Crippen LogP contribution is 2.21. The Labute approximate surface area is 188 Å². The van der Waals surface area contributed by atoms with Gasteiger partial charge in [-0.05, 0) is 72.0 Å². The van der Waals surface area contributed by atoms with Crippen molar-refractivity contribution >= 4 is 17.8 Å². The molecule has 1 aliphatic rings. The first-order valence-electron chi connectivity index (χ1n) is 10.8. The van der Waals surface area contributed by atoms with Crippen molar-refractivity contribution in [2.45, 2.75) is 71.1 Å². The van der Waals surface area contributed by atoms with Crippen molar-refractivity contribution < 1.29 is 34.1 Å². The number of aliphatic hydroxyl groups is 1. The van der Waals surface area contributed by atoms with Crippen molar-refractivity contribution in [2.75, 3.05) is 13.1 Å². The minimum Gasteiger partial charge on any atom is -0.473 e. The van der Waals surface area contributed by atoms with Gasteiger partial charge in [0, 0.05) is 24.1 Å². The van der Waals surface area contributed by atoms with E-state index < -0.39 is 17.5 Å². The lowest BCUT2D eigenvalue weighted by atomic mass is 9.94. The van der Waals surface area contributed by atoms with Crippen molar-refractivity contribution in [1.82, 2.24) is 10.2 Å². The van der Waals surface area contributed by atoms with Crippen molar-refractivity contribution in [2.24, 2.45) is 5.92 Å². The third-order valence-corrected chi connectivity index (χ3v) is 5.31. The van der Waals surface area contributed by atoms with Gasteiger partial charge in [0.15, 0.2) is 0 Å². The molecule has 0 aromatic heterocycles. The molecule has 1 fully saturated rings. The quantitative estimate of drug-likeness (QED) is 0.445. The fourth-order valence-corrected chi connectivity index (χ4v) is 3.49. The molecule has 1 aromatic carbocycles. The van der Waals surface area contributed by atoms with Crippen LogP contribution in [0.15, 0.2) is 24.3 Å². The fourth-order valence-electron chi connectivity index (χ4n) is 3.49. The van der Waals surface area contributed by atoms with Gasteiger partial charge < -0.3 is 20.6 Å². The fraction of sp³-hybridized carbons (Fsp3) is 0.609. The maximum atomic E-state index is 13.8. The number of carboxylic acid groups (broad SMARTS) is 2. The van der Waals surface area contributed by atoms with Crippen LogP contribution >= 0.6 is 0 Å². The summed E-state index contributed by atoms with van der Waals surface area (Å²) in [6.07, 6.45) is 4.14. The maximum absolute atomic E-state index is 13.8. The molecular formula is C23H35FN2O6. The molecule has 1 aromatic rings. The maximum Gasteiger partial charge on any atom is 0.414 e. The Hall–Kier alpha value is -2.52. The Morgan fingerprint density at radius 1 is 1.16 bits per heavy atom. The van der Waals surface area contributed by atoms with Gasteiger partial charge in [-0.3, -0.25) is 9.69 Å². The van der Waals surface area contributed by atoms with Crippen LogP contribution < -0.4 is 5.32 Å². The lowest BCUT2D eigenvalue weighted by molar-refractivity contribution is -0.159. The number of piperidine rings is 1. The summed E-state index contributed by atoms with van der Waals surface area (Å²) in [6.45, 7) is 7.89. The Bertz CT molecular complexity index is 745. The number of carbonyl (C=O) groups excluding carboxylic acids is 1. The van der Waals surface area contributed by atoms with Crippen LogP contribution in [0.25, 0.3) is 0 Å². The molecule has 8 nitrogen and oxygen atoms in total. The van der Waals surface area contributed by atoms with E-state index in [9.17, 15) is 14.3 Å². The molecule has 180 valence electrons. The van der Waals surface area contributed by atoms with Gasteiger partial charge in [0.25, 0.3) is 0 Å². The van der Waals surface area contributed by atoms with Gasteiger partial charge >= 0.3 is 11.9 Å². The summed E-state index contributed by atoms with van der Waals surface area (Å²) in [5.41, 5.74) is 0.0743. The van der Waals surface area contributed by atoms with Gasteiger partial charge in [0.1, 0.15) is 5.82 Å². The third-order valence-electron chi connectivity index (χ3n) is 5.31. The normalized spacial score (nSPS) is 15.9. The number of carbonyl (C=O) groups is 3. The van der Waals surface area contributed by atoms with Crippen LogP contribution in [-0.4, -0.2) is 62.8 Å². The highest BCUT2D eigenvalue weighted by Gasteiger charge is 2.26. The average molecular weight is 455 g/mol. The first-order chi connectivity index (χ1) is 14.9. The number of benzene rings is 1.